The van der Waals surface area contributed by atoms with Crippen LogP contribution in [0, 0.1) is 11.3 Å². The summed E-state index contributed by atoms with van der Waals surface area (Å²) in [7, 11) is 1.83. The van der Waals surface area contributed by atoms with Gasteiger partial charge in [0.1, 0.15) is 5.69 Å². The molecule has 21 heavy (non-hydrogen) atoms. The molecule has 1 spiro atoms. The lowest BCUT2D eigenvalue weighted by Crippen LogP contribution is -2.43. The third kappa shape index (κ3) is 2.80. The number of halogens is 1. The van der Waals surface area contributed by atoms with Crippen LogP contribution in [0.4, 0.5) is 0 Å². The van der Waals surface area contributed by atoms with Gasteiger partial charge in [0.15, 0.2) is 0 Å². The molecule has 0 saturated carbocycles. The molecule has 3 heterocycles. The number of aryl methyl sites for hydroxylation is 1. The number of nitrogens with one attached hydrogen (secondary N) is 1. The predicted molar refractivity (Wildman–Crippen MR) is 81.5 cm³/mol. The minimum Gasteiger partial charge on any atom is -0.396 e. The van der Waals surface area contributed by atoms with Crippen LogP contribution in [-0.4, -0.2) is 58.3 Å². The van der Waals surface area contributed by atoms with Crippen LogP contribution in [0.3, 0.4) is 0 Å². The Hall–Kier alpha value is -1.11. The van der Waals surface area contributed by atoms with Crippen molar-refractivity contribution in [2.24, 2.45) is 18.4 Å². The Morgan fingerprint density at radius 1 is 1.52 bits per heavy atom. The van der Waals surface area contributed by atoms with Crippen molar-refractivity contribution in [2.45, 2.75) is 12.8 Å². The van der Waals surface area contributed by atoms with Gasteiger partial charge in [-0.1, -0.05) is 0 Å². The molecule has 0 aromatic carbocycles. The van der Waals surface area contributed by atoms with Gasteiger partial charge in [0.05, 0.1) is 12.5 Å². The Balaban J connectivity index is 0.00000161. The standard InChI is InChI=1S/C14H22N4O2.ClH/c1-17-10-16-6-12(17)13(20)18-7-11(8-19)14(9-18)2-4-15-5-3-14;/h6,10-11,15,19H,2-5,7-9H2,1H3;1H. The van der Waals surface area contributed by atoms with Crippen LogP contribution in [-0.2, 0) is 7.05 Å². The lowest BCUT2D eigenvalue weighted by molar-refractivity contribution is 0.0747. The largest absolute Gasteiger partial charge is 0.396 e. The molecule has 2 aliphatic rings. The van der Waals surface area contributed by atoms with Gasteiger partial charge in [-0.2, -0.15) is 0 Å². The molecule has 7 heteroatoms. The molecule has 6 nitrogen and oxygen atoms in total. The first-order chi connectivity index (χ1) is 9.66. The highest BCUT2D eigenvalue weighted by atomic mass is 35.5. The molecule has 1 aromatic heterocycles. The van der Waals surface area contributed by atoms with Gasteiger partial charge in [0.2, 0.25) is 0 Å². The summed E-state index contributed by atoms with van der Waals surface area (Å²) in [6, 6.07) is 0. The normalized spacial score (nSPS) is 24.1. The molecule has 1 unspecified atom stereocenters. The van der Waals surface area contributed by atoms with Crippen LogP contribution in [0.25, 0.3) is 0 Å². The quantitative estimate of drug-likeness (QED) is 0.822. The Bertz CT molecular complexity index is 499. The van der Waals surface area contributed by atoms with Crippen LogP contribution in [0.5, 0.6) is 0 Å². The van der Waals surface area contributed by atoms with E-state index in [2.05, 4.69) is 10.3 Å². The van der Waals surface area contributed by atoms with Gasteiger partial charge in [-0.15, -0.1) is 12.4 Å². The molecule has 1 atom stereocenters. The zero-order chi connectivity index (χ0) is 14.2. The fourth-order valence-corrected chi connectivity index (χ4v) is 3.66. The van der Waals surface area contributed by atoms with Crippen molar-refractivity contribution in [3.05, 3.63) is 18.2 Å². The molecule has 2 saturated heterocycles. The number of amides is 1. The minimum atomic E-state index is 0. The summed E-state index contributed by atoms with van der Waals surface area (Å²) in [5.41, 5.74) is 0.710. The summed E-state index contributed by atoms with van der Waals surface area (Å²) < 4.78 is 1.75. The SMILES string of the molecule is Cl.Cn1cncc1C(=O)N1CC(CO)C2(CCNCC2)C1. The third-order valence-electron chi connectivity index (χ3n) is 4.96. The zero-order valence-electron chi connectivity index (χ0n) is 12.3. The predicted octanol–water partition coefficient (Wildman–Crippen LogP) is 0.276. The number of aromatic nitrogens is 2. The topological polar surface area (TPSA) is 70.4 Å². The van der Waals surface area contributed by atoms with Crippen molar-refractivity contribution in [2.75, 3.05) is 32.8 Å². The van der Waals surface area contributed by atoms with Crippen LogP contribution >= 0.6 is 12.4 Å². The van der Waals surface area contributed by atoms with E-state index in [0.717, 1.165) is 32.5 Å². The summed E-state index contributed by atoms with van der Waals surface area (Å²) in [6.07, 6.45) is 5.33. The molecular formula is C14H23ClN4O2. The summed E-state index contributed by atoms with van der Waals surface area (Å²) >= 11 is 0. The van der Waals surface area contributed by atoms with Crippen LogP contribution in [0.15, 0.2) is 12.5 Å². The van der Waals surface area contributed by atoms with Gasteiger partial charge in [-0.25, -0.2) is 4.98 Å². The monoisotopic (exact) mass is 314 g/mol. The Morgan fingerprint density at radius 3 is 2.81 bits per heavy atom. The van der Waals surface area contributed by atoms with E-state index in [0.29, 0.717) is 12.2 Å². The first-order valence-electron chi connectivity index (χ1n) is 7.23. The highest BCUT2D eigenvalue weighted by Crippen LogP contribution is 2.43. The summed E-state index contributed by atoms with van der Waals surface area (Å²) in [6.45, 7) is 3.52. The van der Waals surface area contributed by atoms with Crippen molar-refractivity contribution >= 4 is 18.3 Å². The average molecular weight is 315 g/mol. The molecular weight excluding hydrogens is 292 g/mol. The average Bonchev–Trinajstić information content (AvgIpc) is 3.03. The lowest BCUT2D eigenvalue weighted by Gasteiger charge is -2.37. The molecule has 2 aliphatic heterocycles. The zero-order valence-corrected chi connectivity index (χ0v) is 13.1. The van der Waals surface area contributed by atoms with E-state index in [4.69, 9.17) is 0 Å². The maximum Gasteiger partial charge on any atom is 0.272 e. The van der Waals surface area contributed by atoms with Gasteiger partial charge < -0.3 is 19.9 Å². The number of hydrogen-bond acceptors (Lipinski definition) is 4. The van der Waals surface area contributed by atoms with Crippen molar-refractivity contribution in [3.63, 3.8) is 0 Å². The highest BCUT2D eigenvalue weighted by Gasteiger charge is 2.48. The van der Waals surface area contributed by atoms with Crippen molar-refractivity contribution in [3.8, 4) is 0 Å². The van der Waals surface area contributed by atoms with E-state index in [-0.39, 0.29) is 36.3 Å². The molecule has 1 amide bonds. The molecule has 0 radical (unpaired) electrons. The molecule has 2 fully saturated rings. The lowest BCUT2D eigenvalue weighted by atomic mass is 9.71. The van der Waals surface area contributed by atoms with E-state index in [1.165, 1.54) is 0 Å². The number of carbonyl (C=O) groups excluding carboxylic acids is 1. The Labute approximate surface area is 130 Å². The van der Waals surface area contributed by atoms with Gasteiger partial charge in [0, 0.05) is 32.7 Å². The van der Waals surface area contributed by atoms with Crippen LogP contribution in [0.1, 0.15) is 23.3 Å². The molecule has 1 aromatic rings. The number of carbonyl (C=O) groups is 1. The minimum absolute atomic E-state index is 0. The number of aliphatic hydroxyl groups is 1. The van der Waals surface area contributed by atoms with Crippen LogP contribution in [0.2, 0.25) is 0 Å². The van der Waals surface area contributed by atoms with Crippen LogP contribution < -0.4 is 5.32 Å². The van der Waals surface area contributed by atoms with Crippen molar-refractivity contribution in [1.29, 1.82) is 0 Å². The molecule has 3 rings (SSSR count). The number of hydrogen-bond donors (Lipinski definition) is 2. The van der Waals surface area contributed by atoms with E-state index >= 15 is 0 Å². The Morgan fingerprint density at radius 2 is 2.24 bits per heavy atom. The summed E-state index contributed by atoms with van der Waals surface area (Å²) in [5.74, 6) is 0.223. The smallest absolute Gasteiger partial charge is 0.272 e. The number of likely N-dealkylation sites (tertiary alicyclic amines) is 1. The highest BCUT2D eigenvalue weighted by molar-refractivity contribution is 5.92. The van der Waals surface area contributed by atoms with Gasteiger partial charge >= 0.3 is 0 Å². The second-order valence-electron chi connectivity index (χ2n) is 6.07. The third-order valence-corrected chi connectivity index (χ3v) is 4.96. The van der Waals surface area contributed by atoms with Crippen molar-refractivity contribution in [1.82, 2.24) is 19.8 Å². The van der Waals surface area contributed by atoms with Crippen molar-refractivity contribution < 1.29 is 9.90 Å². The van der Waals surface area contributed by atoms with E-state index in [9.17, 15) is 9.90 Å². The van der Waals surface area contributed by atoms with E-state index < -0.39 is 0 Å². The van der Waals surface area contributed by atoms with Gasteiger partial charge in [-0.05, 0) is 31.3 Å². The number of piperidine rings is 1. The number of imidazole rings is 1. The van der Waals surface area contributed by atoms with Gasteiger partial charge in [-0.3, -0.25) is 4.79 Å². The van der Waals surface area contributed by atoms with E-state index in [1.54, 1.807) is 17.1 Å². The number of rotatable bonds is 2. The molecule has 0 aliphatic carbocycles. The second kappa shape index (κ2) is 6.34. The van der Waals surface area contributed by atoms with E-state index in [1.807, 2.05) is 11.9 Å². The fourth-order valence-electron chi connectivity index (χ4n) is 3.66. The maximum absolute atomic E-state index is 12.6. The maximum atomic E-state index is 12.6. The molecule has 2 N–H and O–H groups in total. The Kier molecular flexibility index (Phi) is 4.91. The summed E-state index contributed by atoms with van der Waals surface area (Å²) in [4.78, 5) is 18.5. The first kappa shape index (κ1) is 16.3. The molecule has 118 valence electrons. The fraction of sp³-hybridized carbons (Fsp3) is 0.714. The second-order valence-corrected chi connectivity index (χ2v) is 6.07. The summed E-state index contributed by atoms with van der Waals surface area (Å²) in [5, 5.41) is 13.1. The number of aliphatic hydroxyl groups excluding tert-OH is 1. The first-order valence-corrected chi connectivity index (χ1v) is 7.23. The van der Waals surface area contributed by atoms with Gasteiger partial charge in [0.25, 0.3) is 5.91 Å². The number of nitrogens with zero attached hydrogens (tertiary/aromatic N) is 3. The molecule has 0 bridgehead atoms.